The second kappa shape index (κ2) is 11.5. The van der Waals surface area contributed by atoms with Gasteiger partial charge in [0.25, 0.3) is 0 Å². The normalized spacial score (nSPS) is 16.4. The molecule has 0 bridgehead atoms. The number of aryl methyl sites for hydroxylation is 2. The molecule has 0 saturated carbocycles. The molecule has 1 aliphatic rings. The van der Waals surface area contributed by atoms with Crippen molar-refractivity contribution in [3.05, 3.63) is 130 Å². The fourth-order valence-corrected chi connectivity index (χ4v) is 6.17. The molecule has 212 valence electrons. The minimum Gasteiger partial charge on any atom is -0.495 e. The van der Waals surface area contributed by atoms with E-state index in [0.717, 1.165) is 51.3 Å². The van der Waals surface area contributed by atoms with Crippen molar-refractivity contribution in [2.24, 2.45) is 0 Å². The van der Waals surface area contributed by atoms with Crippen molar-refractivity contribution in [1.82, 2.24) is 14.9 Å². The van der Waals surface area contributed by atoms with Crippen LogP contribution in [0.25, 0.3) is 5.69 Å². The summed E-state index contributed by atoms with van der Waals surface area (Å²) >= 11 is 12.4. The van der Waals surface area contributed by atoms with Crippen molar-refractivity contribution in [2.45, 2.75) is 32.9 Å². The number of nitrogens with one attached hydrogen (secondary N) is 1. The Hall–Kier alpha value is -4.33. The third-order valence-electron chi connectivity index (χ3n) is 7.64. The number of rotatable bonds is 7. The maximum absolute atomic E-state index is 6.44. The molecule has 6 nitrogen and oxygen atoms in total. The number of nitrogens with zero attached hydrogens (tertiary/aromatic N) is 3. The quantitative estimate of drug-likeness (QED) is 0.191. The van der Waals surface area contributed by atoms with Crippen molar-refractivity contribution >= 4 is 34.6 Å². The molecule has 42 heavy (non-hydrogen) atoms. The van der Waals surface area contributed by atoms with Gasteiger partial charge in [0.05, 0.1) is 30.6 Å². The van der Waals surface area contributed by atoms with Crippen molar-refractivity contribution in [1.29, 1.82) is 0 Å². The summed E-state index contributed by atoms with van der Waals surface area (Å²) in [6, 6.07) is 29.6. The first kappa shape index (κ1) is 27.8. The van der Waals surface area contributed by atoms with E-state index in [2.05, 4.69) is 41.6 Å². The smallest absolute Gasteiger partial charge is 0.174 e. The highest BCUT2D eigenvalue weighted by atomic mass is 35.5. The summed E-state index contributed by atoms with van der Waals surface area (Å²) in [6.45, 7) is 6.27. The van der Waals surface area contributed by atoms with Gasteiger partial charge < -0.3 is 24.3 Å². The third-order valence-corrected chi connectivity index (χ3v) is 8.19. The van der Waals surface area contributed by atoms with Gasteiger partial charge in [0, 0.05) is 28.3 Å². The lowest BCUT2D eigenvalue weighted by molar-refractivity contribution is 0.412. The van der Waals surface area contributed by atoms with Crippen LogP contribution < -0.4 is 19.7 Å². The van der Waals surface area contributed by atoms with Crippen molar-refractivity contribution in [3.8, 4) is 22.9 Å². The molecule has 3 aromatic carbocycles. The van der Waals surface area contributed by atoms with Gasteiger partial charge in [-0.15, -0.1) is 0 Å². The molecule has 2 unspecified atom stereocenters. The lowest BCUT2D eigenvalue weighted by atomic mass is 9.96. The fraction of sp³-hybridized carbons (Fsp3) is 0.176. The van der Waals surface area contributed by atoms with Gasteiger partial charge in [0.15, 0.2) is 5.11 Å². The molecule has 1 saturated heterocycles. The van der Waals surface area contributed by atoms with Crippen LogP contribution in [0.5, 0.6) is 17.2 Å². The Morgan fingerprint density at radius 1 is 0.881 bits per heavy atom. The Balaban J connectivity index is 1.43. The van der Waals surface area contributed by atoms with Crippen LogP contribution in [0, 0.1) is 20.8 Å². The van der Waals surface area contributed by atoms with Crippen molar-refractivity contribution in [3.63, 3.8) is 0 Å². The summed E-state index contributed by atoms with van der Waals surface area (Å²) in [5.74, 6) is 2.29. The number of ether oxygens (including phenoxy) is 2. The van der Waals surface area contributed by atoms with Crippen LogP contribution in [0.4, 0.5) is 5.69 Å². The number of benzene rings is 3. The van der Waals surface area contributed by atoms with Crippen LogP contribution in [0.3, 0.4) is 0 Å². The molecule has 0 aliphatic carbocycles. The summed E-state index contributed by atoms with van der Waals surface area (Å²) in [4.78, 5) is 6.88. The molecule has 8 heteroatoms. The van der Waals surface area contributed by atoms with Crippen LogP contribution in [0.15, 0.2) is 97.2 Å². The molecule has 0 amide bonds. The highest BCUT2D eigenvalue weighted by molar-refractivity contribution is 7.80. The van der Waals surface area contributed by atoms with Crippen LogP contribution in [0.2, 0.25) is 5.02 Å². The molecule has 0 radical (unpaired) electrons. The number of anilines is 1. The Morgan fingerprint density at radius 3 is 2.26 bits per heavy atom. The Bertz CT molecular complexity index is 1740. The largest absolute Gasteiger partial charge is 0.495 e. The van der Waals surface area contributed by atoms with E-state index < -0.39 is 0 Å². The van der Waals surface area contributed by atoms with E-state index in [0.29, 0.717) is 10.1 Å². The van der Waals surface area contributed by atoms with Gasteiger partial charge in [-0.05, 0) is 111 Å². The maximum Gasteiger partial charge on any atom is 0.174 e. The zero-order chi connectivity index (χ0) is 29.4. The number of hydrogen-bond acceptors (Lipinski definition) is 4. The van der Waals surface area contributed by atoms with E-state index >= 15 is 0 Å². The van der Waals surface area contributed by atoms with E-state index in [9.17, 15) is 0 Å². The fourth-order valence-electron chi connectivity index (χ4n) is 5.66. The number of thiocarbonyl (C=S) groups is 1. The molecule has 1 N–H and O–H groups in total. The predicted octanol–water partition coefficient (Wildman–Crippen LogP) is 8.43. The third kappa shape index (κ3) is 5.22. The molecular formula is C34H31ClN4O2S. The van der Waals surface area contributed by atoms with Gasteiger partial charge in [0.2, 0.25) is 0 Å². The predicted molar refractivity (Wildman–Crippen MR) is 172 cm³/mol. The Kier molecular flexibility index (Phi) is 7.62. The van der Waals surface area contributed by atoms with Crippen molar-refractivity contribution < 1.29 is 9.47 Å². The van der Waals surface area contributed by atoms with E-state index in [1.807, 2.05) is 91.1 Å². The average molecular weight is 595 g/mol. The summed E-state index contributed by atoms with van der Waals surface area (Å²) in [5, 5.41) is 4.84. The van der Waals surface area contributed by atoms with Crippen molar-refractivity contribution in [2.75, 3.05) is 12.0 Å². The summed E-state index contributed by atoms with van der Waals surface area (Å²) in [5.41, 5.74) is 7.19. The average Bonchev–Trinajstić information content (AvgIpc) is 3.49. The zero-order valence-electron chi connectivity index (χ0n) is 23.8. The monoisotopic (exact) mass is 594 g/mol. The lowest BCUT2D eigenvalue weighted by Gasteiger charge is -2.28. The van der Waals surface area contributed by atoms with Gasteiger partial charge >= 0.3 is 0 Å². The van der Waals surface area contributed by atoms with Crippen LogP contribution in [-0.2, 0) is 0 Å². The minimum absolute atomic E-state index is 0.165. The Labute approximate surface area is 256 Å². The van der Waals surface area contributed by atoms with Gasteiger partial charge in [-0.1, -0.05) is 35.4 Å². The van der Waals surface area contributed by atoms with Gasteiger partial charge in [0.1, 0.15) is 17.2 Å². The molecule has 6 rings (SSSR count). The Morgan fingerprint density at radius 2 is 1.60 bits per heavy atom. The summed E-state index contributed by atoms with van der Waals surface area (Å²) in [6.07, 6.45) is 1.82. The molecule has 2 aromatic heterocycles. The van der Waals surface area contributed by atoms with E-state index in [1.165, 1.54) is 5.56 Å². The summed E-state index contributed by atoms with van der Waals surface area (Å²) in [7, 11) is 1.67. The first-order chi connectivity index (χ1) is 20.3. The molecule has 1 aliphatic heterocycles. The molecule has 2 atom stereocenters. The summed E-state index contributed by atoms with van der Waals surface area (Å²) < 4.78 is 14.0. The van der Waals surface area contributed by atoms with Crippen LogP contribution >= 0.6 is 23.8 Å². The SMILES string of the molecule is COc1ccc(Cl)cc1-n1c(C)cc(C2C(c3ccccn3)NC(=S)N2c2ccc(Oc3ccc(C)cc3)cc2)c1C. The molecule has 0 spiro atoms. The number of aromatic nitrogens is 2. The molecule has 3 heterocycles. The molecular weight excluding hydrogens is 564 g/mol. The second-order valence-corrected chi connectivity index (χ2v) is 11.2. The maximum atomic E-state index is 6.44. The highest BCUT2D eigenvalue weighted by Gasteiger charge is 2.42. The zero-order valence-corrected chi connectivity index (χ0v) is 25.4. The van der Waals surface area contributed by atoms with Gasteiger partial charge in [-0.25, -0.2) is 0 Å². The van der Waals surface area contributed by atoms with Gasteiger partial charge in [-0.3, -0.25) is 4.98 Å². The number of methoxy groups -OCH3 is 1. The topological polar surface area (TPSA) is 51.5 Å². The first-order valence-electron chi connectivity index (χ1n) is 13.7. The lowest BCUT2D eigenvalue weighted by Crippen LogP contribution is -2.29. The molecule has 5 aromatic rings. The van der Waals surface area contributed by atoms with Crippen LogP contribution in [-0.4, -0.2) is 21.8 Å². The number of hydrogen-bond donors (Lipinski definition) is 1. The van der Waals surface area contributed by atoms with E-state index in [4.69, 9.17) is 38.3 Å². The molecule has 1 fully saturated rings. The second-order valence-electron chi connectivity index (χ2n) is 10.4. The van der Waals surface area contributed by atoms with Gasteiger partial charge in [-0.2, -0.15) is 0 Å². The minimum atomic E-state index is -0.169. The first-order valence-corrected chi connectivity index (χ1v) is 14.5. The number of halogens is 1. The number of pyridine rings is 1. The standard InChI is InChI=1S/C34H31ClN4O2S/c1-21-8-13-26(14-9-21)41-27-15-11-25(12-16-27)39-33(32(37-34(39)42)29-7-5-6-18-36-29)28-19-22(2)38(23(28)3)30-20-24(35)10-17-31(30)40-4/h5-20,32-33H,1-4H3,(H,37,42). The van der Waals surface area contributed by atoms with E-state index in [-0.39, 0.29) is 12.1 Å². The highest BCUT2D eigenvalue weighted by Crippen LogP contribution is 2.44. The van der Waals surface area contributed by atoms with E-state index in [1.54, 1.807) is 7.11 Å². The van der Waals surface area contributed by atoms with Crippen LogP contribution in [0.1, 0.15) is 40.3 Å².